The van der Waals surface area contributed by atoms with Crippen molar-refractivity contribution in [2.75, 3.05) is 32.5 Å². The molecule has 1 fully saturated rings. The summed E-state index contributed by atoms with van der Waals surface area (Å²) in [7, 11) is 1.65. The number of nitrogens with one attached hydrogen (secondary N) is 1. The number of nitrogens with zero attached hydrogens (tertiary/aromatic N) is 1. The third kappa shape index (κ3) is 5.89. The first kappa shape index (κ1) is 20.1. The van der Waals surface area contributed by atoms with Crippen molar-refractivity contribution in [2.45, 2.75) is 23.8 Å². The molecule has 1 aliphatic heterocycles. The minimum atomic E-state index is 0.0436. The molecule has 0 radical (unpaired) electrons. The number of likely N-dealkylation sites (tertiary alicyclic amines) is 1. The van der Waals surface area contributed by atoms with E-state index in [9.17, 15) is 4.79 Å². The van der Waals surface area contributed by atoms with Gasteiger partial charge in [0.05, 0.1) is 18.9 Å². The predicted octanol–water partition coefficient (Wildman–Crippen LogP) is 4.39. The van der Waals surface area contributed by atoms with Crippen LogP contribution in [0.5, 0.6) is 5.75 Å². The van der Waals surface area contributed by atoms with E-state index in [2.05, 4.69) is 16.3 Å². The number of benzene rings is 2. The van der Waals surface area contributed by atoms with Crippen LogP contribution in [0.15, 0.2) is 53.4 Å². The zero-order valence-corrected chi connectivity index (χ0v) is 17.1. The third-order valence-electron chi connectivity index (χ3n) is 4.74. The van der Waals surface area contributed by atoms with E-state index in [1.165, 1.54) is 24.6 Å². The molecule has 4 nitrogen and oxygen atoms in total. The Balaban J connectivity index is 1.55. The molecule has 0 aliphatic carbocycles. The fraction of sp³-hybridized carbons (Fsp3) is 0.381. The van der Waals surface area contributed by atoms with Gasteiger partial charge in [0.1, 0.15) is 5.75 Å². The van der Waals surface area contributed by atoms with Gasteiger partial charge in [0.2, 0.25) is 5.91 Å². The largest absolute Gasteiger partial charge is 0.497 e. The average molecular weight is 405 g/mol. The van der Waals surface area contributed by atoms with E-state index in [4.69, 9.17) is 16.3 Å². The molecular weight excluding hydrogens is 380 g/mol. The van der Waals surface area contributed by atoms with Crippen LogP contribution in [0.25, 0.3) is 0 Å². The lowest BCUT2D eigenvalue weighted by molar-refractivity contribution is -0.118. The Labute approximate surface area is 170 Å². The van der Waals surface area contributed by atoms with Crippen LogP contribution in [0.3, 0.4) is 0 Å². The van der Waals surface area contributed by atoms with Crippen molar-refractivity contribution >= 4 is 29.3 Å². The Morgan fingerprint density at radius 1 is 1.22 bits per heavy atom. The maximum absolute atomic E-state index is 12.4. The van der Waals surface area contributed by atoms with Crippen molar-refractivity contribution in [3.8, 4) is 5.75 Å². The van der Waals surface area contributed by atoms with Gasteiger partial charge < -0.3 is 10.1 Å². The fourth-order valence-corrected chi connectivity index (χ4v) is 4.23. The molecule has 2 aromatic carbocycles. The monoisotopic (exact) mass is 404 g/mol. The van der Waals surface area contributed by atoms with Crippen LogP contribution in [-0.4, -0.2) is 43.3 Å². The minimum Gasteiger partial charge on any atom is -0.497 e. The Morgan fingerprint density at radius 3 is 2.63 bits per heavy atom. The van der Waals surface area contributed by atoms with Gasteiger partial charge in [0, 0.05) is 16.5 Å². The zero-order valence-electron chi connectivity index (χ0n) is 15.5. The highest BCUT2D eigenvalue weighted by Gasteiger charge is 2.24. The topological polar surface area (TPSA) is 41.6 Å². The maximum Gasteiger partial charge on any atom is 0.230 e. The highest BCUT2D eigenvalue weighted by Crippen LogP contribution is 2.26. The molecule has 1 unspecified atom stereocenters. The summed E-state index contributed by atoms with van der Waals surface area (Å²) >= 11 is 7.71. The van der Waals surface area contributed by atoms with E-state index >= 15 is 0 Å². The van der Waals surface area contributed by atoms with E-state index in [0.717, 1.165) is 34.3 Å². The second-order valence-electron chi connectivity index (χ2n) is 6.58. The second kappa shape index (κ2) is 10.0. The van der Waals surface area contributed by atoms with Crippen molar-refractivity contribution in [3.63, 3.8) is 0 Å². The first-order valence-electron chi connectivity index (χ1n) is 9.19. The van der Waals surface area contributed by atoms with Gasteiger partial charge in [-0.15, -0.1) is 11.8 Å². The van der Waals surface area contributed by atoms with Crippen molar-refractivity contribution in [1.29, 1.82) is 0 Å². The molecule has 1 amide bonds. The molecule has 3 rings (SSSR count). The first-order valence-corrected chi connectivity index (χ1v) is 10.5. The molecule has 0 spiro atoms. The van der Waals surface area contributed by atoms with Gasteiger partial charge in [-0.1, -0.05) is 23.7 Å². The molecule has 0 saturated carbocycles. The quantitative estimate of drug-likeness (QED) is 0.662. The number of hydrogen-bond donors (Lipinski definition) is 1. The van der Waals surface area contributed by atoms with Gasteiger partial charge in [-0.2, -0.15) is 0 Å². The molecule has 1 N–H and O–H groups in total. The molecule has 0 bridgehead atoms. The molecule has 1 atom stereocenters. The summed E-state index contributed by atoms with van der Waals surface area (Å²) in [6.07, 6.45) is 2.41. The van der Waals surface area contributed by atoms with Gasteiger partial charge in [-0.25, -0.2) is 0 Å². The summed E-state index contributed by atoms with van der Waals surface area (Å²) in [5.74, 6) is 1.26. The third-order valence-corrected chi connectivity index (χ3v) is 5.98. The lowest BCUT2D eigenvalue weighted by Crippen LogP contribution is -2.37. The van der Waals surface area contributed by atoms with Gasteiger partial charge in [-0.05, 0) is 67.9 Å². The number of amides is 1. The number of ether oxygens (including phenoxy) is 1. The standard InChI is InChI=1S/C21H25ClN2O2S/c1-26-18-7-9-19(10-8-18)27-15-21(25)23-14-20(24-11-2-3-12-24)16-5-4-6-17(22)13-16/h4-10,13,20H,2-3,11-12,14-15H2,1H3,(H,23,25). The molecule has 1 aliphatic rings. The van der Waals surface area contributed by atoms with Crippen LogP contribution in [0, 0.1) is 0 Å². The Kier molecular flexibility index (Phi) is 7.44. The number of hydrogen-bond acceptors (Lipinski definition) is 4. The number of halogens is 1. The van der Waals surface area contributed by atoms with Crippen molar-refractivity contribution in [1.82, 2.24) is 10.2 Å². The lowest BCUT2D eigenvalue weighted by Gasteiger charge is -2.28. The fourth-order valence-electron chi connectivity index (χ4n) is 3.31. The first-order chi connectivity index (χ1) is 13.2. The smallest absolute Gasteiger partial charge is 0.230 e. The van der Waals surface area contributed by atoms with Crippen LogP contribution < -0.4 is 10.1 Å². The molecule has 2 aromatic rings. The number of thioether (sulfide) groups is 1. The van der Waals surface area contributed by atoms with E-state index < -0.39 is 0 Å². The molecule has 1 heterocycles. The zero-order chi connectivity index (χ0) is 19.1. The van der Waals surface area contributed by atoms with Gasteiger partial charge in [0.25, 0.3) is 0 Å². The van der Waals surface area contributed by atoms with Crippen molar-refractivity contribution in [3.05, 3.63) is 59.1 Å². The normalized spacial score (nSPS) is 15.5. The molecule has 6 heteroatoms. The average Bonchev–Trinajstić information content (AvgIpc) is 3.21. The summed E-state index contributed by atoms with van der Waals surface area (Å²) in [6.45, 7) is 2.73. The second-order valence-corrected chi connectivity index (χ2v) is 8.07. The Bertz CT molecular complexity index is 748. The van der Waals surface area contributed by atoms with E-state index in [1.54, 1.807) is 7.11 Å². The summed E-state index contributed by atoms with van der Waals surface area (Å²) < 4.78 is 5.16. The highest BCUT2D eigenvalue weighted by atomic mass is 35.5. The van der Waals surface area contributed by atoms with Crippen LogP contribution in [0.1, 0.15) is 24.4 Å². The molecular formula is C21H25ClN2O2S. The number of methoxy groups -OCH3 is 1. The summed E-state index contributed by atoms with van der Waals surface area (Å²) in [6, 6.07) is 15.9. The molecule has 144 valence electrons. The maximum atomic E-state index is 12.4. The highest BCUT2D eigenvalue weighted by molar-refractivity contribution is 8.00. The van der Waals surface area contributed by atoms with Crippen molar-refractivity contribution in [2.24, 2.45) is 0 Å². The summed E-state index contributed by atoms with van der Waals surface area (Å²) in [5.41, 5.74) is 1.16. The SMILES string of the molecule is COc1ccc(SCC(=O)NCC(c2cccc(Cl)c2)N2CCCC2)cc1. The number of carbonyl (C=O) groups is 1. The predicted molar refractivity (Wildman–Crippen MR) is 112 cm³/mol. The molecule has 0 aromatic heterocycles. The van der Waals surface area contributed by atoms with Crippen molar-refractivity contribution < 1.29 is 9.53 Å². The number of carbonyl (C=O) groups excluding carboxylic acids is 1. The summed E-state index contributed by atoms with van der Waals surface area (Å²) in [5, 5.41) is 3.84. The van der Waals surface area contributed by atoms with Crippen LogP contribution in [0.4, 0.5) is 0 Å². The molecule has 27 heavy (non-hydrogen) atoms. The number of rotatable bonds is 8. The van der Waals surface area contributed by atoms with Gasteiger partial charge >= 0.3 is 0 Å². The Hall–Kier alpha value is -1.69. The van der Waals surface area contributed by atoms with Gasteiger partial charge in [0.15, 0.2) is 0 Å². The lowest BCUT2D eigenvalue weighted by atomic mass is 10.1. The minimum absolute atomic E-state index is 0.0436. The van der Waals surface area contributed by atoms with E-state index in [-0.39, 0.29) is 11.9 Å². The van der Waals surface area contributed by atoms with Crippen LogP contribution in [-0.2, 0) is 4.79 Å². The van der Waals surface area contributed by atoms with E-state index in [1.807, 2.05) is 42.5 Å². The molecule has 1 saturated heterocycles. The summed E-state index contributed by atoms with van der Waals surface area (Å²) in [4.78, 5) is 15.8. The van der Waals surface area contributed by atoms with Crippen LogP contribution >= 0.6 is 23.4 Å². The van der Waals surface area contributed by atoms with E-state index in [0.29, 0.717) is 12.3 Å². The Morgan fingerprint density at radius 2 is 1.96 bits per heavy atom. The van der Waals surface area contributed by atoms with Gasteiger partial charge in [-0.3, -0.25) is 9.69 Å². The van der Waals surface area contributed by atoms with Crippen LogP contribution in [0.2, 0.25) is 5.02 Å².